The van der Waals surface area contributed by atoms with E-state index in [4.69, 9.17) is 33.2 Å². The first-order chi connectivity index (χ1) is 27.6. The van der Waals surface area contributed by atoms with Crippen molar-refractivity contribution < 1.29 is 52.3 Å². The smallest absolute Gasteiger partial charge is 0.334 e. The molecule has 0 aromatic carbocycles. The minimum Gasteiger partial charge on any atom is -0.466 e. The number of carbonyl (C=O) groups is 4. The van der Waals surface area contributed by atoms with Crippen LogP contribution >= 0.6 is 21.6 Å². The molecule has 10 atom stereocenters. The lowest BCUT2D eigenvalue weighted by Gasteiger charge is -2.53. The predicted octanol–water partition coefficient (Wildman–Crippen LogP) is 8.14. The second-order valence-corrected chi connectivity index (χ2v) is 21.2. The normalized spacial score (nSPS) is 37.6. The molecule has 5 aliphatic heterocycles. The van der Waals surface area contributed by atoms with Gasteiger partial charge >= 0.3 is 23.9 Å². The van der Waals surface area contributed by atoms with Crippen molar-refractivity contribution in [3.63, 3.8) is 0 Å². The number of rotatable bonds is 23. The molecule has 0 amide bonds. The van der Waals surface area contributed by atoms with Gasteiger partial charge in [0, 0.05) is 28.4 Å². The summed E-state index contributed by atoms with van der Waals surface area (Å²) in [5, 5.41) is 0.782. The maximum atomic E-state index is 13.5. The van der Waals surface area contributed by atoms with Crippen LogP contribution in [-0.4, -0.2) is 95.9 Å². The summed E-state index contributed by atoms with van der Waals surface area (Å²) in [4.78, 5) is 50.5. The third-order valence-corrected chi connectivity index (χ3v) is 17.8. The highest BCUT2D eigenvalue weighted by molar-refractivity contribution is 8.77. The summed E-state index contributed by atoms with van der Waals surface area (Å²) in [6.45, 7) is 7.69. The molecule has 57 heavy (non-hydrogen) atoms. The van der Waals surface area contributed by atoms with Crippen LogP contribution < -0.4 is 0 Å². The van der Waals surface area contributed by atoms with Gasteiger partial charge in [-0.2, -0.15) is 0 Å². The minimum atomic E-state index is -0.804. The van der Waals surface area contributed by atoms with Gasteiger partial charge in [0.2, 0.25) is 0 Å². The van der Waals surface area contributed by atoms with E-state index in [1.165, 1.54) is 50.7 Å². The molecular weight excluding hydrogens is 769 g/mol. The molecule has 2 saturated carbocycles. The molecular formula is C44H64O11S2. The van der Waals surface area contributed by atoms with Gasteiger partial charge in [-0.3, -0.25) is 14.4 Å². The Morgan fingerprint density at radius 1 is 0.807 bits per heavy atom. The van der Waals surface area contributed by atoms with Crippen molar-refractivity contribution in [2.24, 2.45) is 17.3 Å². The van der Waals surface area contributed by atoms with Crippen LogP contribution in [0.25, 0.3) is 0 Å². The third kappa shape index (κ3) is 7.73. The number of hydrogen-bond acceptors (Lipinski definition) is 13. The van der Waals surface area contributed by atoms with Gasteiger partial charge in [0.1, 0.15) is 30.0 Å². The second kappa shape index (κ2) is 17.3. The van der Waals surface area contributed by atoms with Gasteiger partial charge in [0.25, 0.3) is 0 Å². The number of unbranched alkanes of at least 4 members (excludes halogenated alkanes) is 10. The van der Waals surface area contributed by atoms with E-state index >= 15 is 0 Å². The molecule has 8 aliphatic rings. The first-order valence-corrected chi connectivity index (χ1v) is 24.7. The molecule has 13 heteroatoms. The maximum Gasteiger partial charge on any atom is 0.334 e. The number of hydrogen-bond donors (Lipinski definition) is 0. The molecule has 0 bridgehead atoms. The molecule has 5 heterocycles. The van der Waals surface area contributed by atoms with Crippen LogP contribution in [0.2, 0.25) is 0 Å². The molecule has 6 fully saturated rings. The third-order valence-electron chi connectivity index (χ3n) is 14.8. The molecule has 1 unspecified atom stereocenters. The standard InChI is InChI=1S/C44H64O11S2/c1-28(2)42-37(54-42)38-44(55-38)41(3)22-20-30-31(27-51-39(30)48)32(41)26-33-43(44,53-33)40(42)52-36(47)19-18-35(46)50-24-15-11-9-7-5-4-6-8-10-14-23-49-34(45)17-13-12-16-29-21-25-56-57-29/h28-29,32-33,37-38,40H,4-27H2,1-3H3/t29?,32-,33-,37-,38-,40+,41-,42-,43+,44+/m0/s1. The number of carbonyl (C=O) groups excluding carboxylic acids is 4. The number of ether oxygens (including phenoxy) is 7. The maximum absolute atomic E-state index is 13.5. The predicted molar refractivity (Wildman–Crippen MR) is 215 cm³/mol. The lowest BCUT2D eigenvalue weighted by Crippen LogP contribution is -2.70. The number of fused-ring (bicyclic) bond motifs is 4. The van der Waals surface area contributed by atoms with Gasteiger partial charge in [0.05, 0.1) is 32.2 Å². The van der Waals surface area contributed by atoms with Crippen molar-refractivity contribution >= 4 is 45.5 Å². The molecule has 0 radical (unpaired) electrons. The van der Waals surface area contributed by atoms with E-state index < -0.39 is 28.9 Å². The zero-order chi connectivity index (χ0) is 39.8. The zero-order valence-corrected chi connectivity index (χ0v) is 36.0. The van der Waals surface area contributed by atoms with Crippen LogP contribution in [0.1, 0.15) is 149 Å². The molecule has 0 N–H and O–H groups in total. The van der Waals surface area contributed by atoms with Crippen LogP contribution in [-0.2, 0) is 52.3 Å². The van der Waals surface area contributed by atoms with E-state index in [-0.39, 0.29) is 66.3 Å². The van der Waals surface area contributed by atoms with Crippen molar-refractivity contribution in [2.75, 3.05) is 25.6 Å². The van der Waals surface area contributed by atoms with Gasteiger partial charge in [-0.1, -0.05) is 100 Å². The summed E-state index contributed by atoms with van der Waals surface area (Å²) < 4.78 is 42.7. The molecule has 2 spiro atoms. The quantitative estimate of drug-likeness (QED) is 0.0322. The number of cyclic esters (lactones) is 1. The minimum absolute atomic E-state index is 0.0294. The Hall–Kier alpha value is -1.80. The number of esters is 4. The van der Waals surface area contributed by atoms with E-state index in [0.717, 1.165) is 74.2 Å². The summed E-state index contributed by atoms with van der Waals surface area (Å²) in [7, 11) is 3.98. The average Bonchev–Trinajstić information content (AvgIpc) is 4.14. The highest BCUT2D eigenvalue weighted by Crippen LogP contribution is 2.83. The molecule has 4 saturated heterocycles. The Bertz CT molecular complexity index is 1560. The Morgan fingerprint density at radius 3 is 2.14 bits per heavy atom. The van der Waals surface area contributed by atoms with Gasteiger partial charge < -0.3 is 33.2 Å². The largest absolute Gasteiger partial charge is 0.466 e. The van der Waals surface area contributed by atoms with Crippen LogP contribution in [0.3, 0.4) is 0 Å². The first kappa shape index (κ1) is 41.9. The zero-order valence-electron chi connectivity index (χ0n) is 34.3. The average molecular weight is 833 g/mol. The summed E-state index contributed by atoms with van der Waals surface area (Å²) in [6.07, 6.45) is 17.0. The van der Waals surface area contributed by atoms with Crippen LogP contribution in [0.4, 0.5) is 0 Å². The Morgan fingerprint density at radius 2 is 1.47 bits per heavy atom. The van der Waals surface area contributed by atoms with Gasteiger partial charge in [0.15, 0.2) is 11.7 Å². The van der Waals surface area contributed by atoms with Crippen LogP contribution in [0.5, 0.6) is 0 Å². The van der Waals surface area contributed by atoms with E-state index in [1.54, 1.807) is 0 Å². The summed E-state index contributed by atoms with van der Waals surface area (Å²) in [5.74, 6) is 0.371. The van der Waals surface area contributed by atoms with E-state index in [2.05, 4.69) is 20.8 Å². The molecule has 318 valence electrons. The highest BCUT2D eigenvalue weighted by atomic mass is 33.1. The Kier molecular flexibility index (Phi) is 12.7. The second-order valence-electron chi connectivity index (χ2n) is 18.4. The van der Waals surface area contributed by atoms with Crippen molar-refractivity contribution in [3.05, 3.63) is 11.1 Å². The van der Waals surface area contributed by atoms with Gasteiger partial charge in [-0.25, -0.2) is 4.79 Å². The van der Waals surface area contributed by atoms with Gasteiger partial charge in [-0.05, 0) is 68.8 Å². The topological polar surface area (TPSA) is 143 Å². The molecule has 8 rings (SSSR count). The number of epoxide rings is 3. The van der Waals surface area contributed by atoms with E-state index in [9.17, 15) is 19.2 Å². The van der Waals surface area contributed by atoms with Crippen molar-refractivity contribution in [3.8, 4) is 0 Å². The molecule has 0 aromatic rings. The van der Waals surface area contributed by atoms with Crippen LogP contribution in [0, 0.1) is 17.3 Å². The Labute approximate surface area is 346 Å². The highest BCUT2D eigenvalue weighted by Gasteiger charge is 3.01. The molecule has 0 aromatic heterocycles. The van der Waals surface area contributed by atoms with Crippen molar-refractivity contribution in [2.45, 2.75) is 196 Å². The monoisotopic (exact) mass is 832 g/mol. The van der Waals surface area contributed by atoms with Crippen molar-refractivity contribution in [1.82, 2.24) is 0 Å². The summed E-state index contributed by atoms with van der Waals surface area (Å²) in [6, 6.07) is 0. The molecule has 3 aliphatic carbocycles. The first-order valence-electron chi connectivity index (χ1n) is 22.3. The molecule has 11 nitrogen and oxygen atoms in total. The van der Waals surface area contributed by atoms with Gasteiger partial charge in [-0.15, -0.1) is 0 Å². The van der Waals surface area contributed by atoms with Crippen molar-refractivity contribution in [1.29, 1.82) is 0 Å². The fourth-order valence-electron chi connectivity index (χ4n) is 11.6. The van der Waals surface area contributed by atoms with Crippen LogP contribution in [0.15, 0.2) is 11.1 Å². The lowest BCUT2D eigenvalue weighted by molar-refractivity contribution is -0.170. The fraction of sp³-hybridized carbons (Fsp3) is 0.864. The fourth-order valence-corrected chi connectivity index (χ4v) is 14.6. The van der Waals surface area contributed by atoms with E-state index in [0.29, 0.717) is 32.7 Å². The van der Waals surface area contributed by atoms with E-state index in [1.807, 2.05) is 21.6 Å². The lowest BCUT2D eigenvalue weighted by atomic mass is 9.46. The summed E-state index contributed by atoms with van der Waals surface area (Å²) in [5.41, 5.74) is -0.547. The summed E-state index contributed by atoms with van der Waals surface area (Å²) >= 11 is 0. The Balaban J connectivity index is 0.676. The SMILES string of the molecule is CC(C)[C@]12O[C@H]1[C@@H]1O[C@]13[C@]1(O[C@H]1C[C@H]1C4=C(CC[C@@]13C)C(=O)OC4)[C@@H]2OC(=O)CCC(=O)OCCCCCCCCCCCCOC(=O)CCCCC1CCSS1.